The summed E-state index contributed by atoms with van der Waals surface area (Å²) >= 11 is 0. The first kappa shape index (κ1) is 15.6. The van der Waals surface area contributed by atoms with Gasteiger partial charge < -0.3 is 10.1 Å². The average Bonchev–Trinajstić information content (AvgIpc) is 2.86. The summed E-state index contributed by atoms with van der Waals surface area (Å²) in [6.45, 7) is 7.29. The zero-order valence-corrected chi connectivity index (χ0v) is 13.6. The van der Waals surface area contributed by atoms with Gasteiger partial charge in [0.25, 0.3) is 0 Å². The fourth-order valence-electron chi connectivity index (χ4n) is 2.66. The van der Waals surface area contributed by atoms with Gasteiger partial charge in [-0.25, -0.2) is 0 Å². The van der Waals surface area contributed by atoms with Crippen LogP contribution in [0.1, 0.15) is 42.4 Å². The van der Waals surface area contributed by atoms with Crippen molar-refractivity contribution in [2.75, 3.05) is 13.7 Å². The lowest BCUT2D eigenvalue weighted by atomic mass is 9.98. The normalized spacial score (nSPS) is 12.4. The van der Waals surface area contributed by atoms with E-state index in [4.69, 9.17) is 4.74 Å². The van der Waals surface area contributed by atoms with Gasteiger partial charge >= 0.3 is 0 Å². The van der Waals surface area contributed by atoms with E-state index in [-0.39, 0.29) is 6.04 Å². The number of nitrogens with zero attached hydrogens (tertiary/aromatic N) is 2. The minimum Gasteiger partial charge on any atom is -0.497 e. The lowest BCUT2D eigenvalue weighted by Crippen LogP contribution is -2.25. The van der Waals surface area contributed by atoms with Crippen LogP contribution in [-0.2, 0) is 13.5 Å². The van der Waals surface area contributed by atoms with E-state index in [1.807, 2.05) is 17.8 Å². The van der Waals surface area contributed by atoms with Crippen LogP contribution in [-0.4, -0.2) is 23.4 Å². The molecule has 0 aliphatic heterocycles. The minimum atomic E-state index is 0.152. The smallest absolute Gasteiger partial charge is 0.119 e. The average molecular weight is 287 g/mol. The molecule has 0 saturated heterocycles. The van der Waals surface area contributed by atoms with Crippen molar-refractivity contribution in [3.8, 4) is 5.75 Å². The van der Waals surface area contributed by atoms with E-state index >= 15 is 0 Å². The molecule has 1 heterocycles. The summed E-state index contributed by atoms with van der Waals surface area (Å²) in [4.78, 5) is 0. The zero-order chi connectivity index (χ0) is 15.4. The van der Waals surface area contributed by atoms with Gasteiger partial charge in [-0.2, -0.15) is 5.10 Å². The Labute approximate surface area is 127 Å². The number of nitrogens with one attached hydrogen (secondary N) is 1. The van der Waals surface area contributed by atoms with E-state index in [9.17, 15) is 0 Å². The Kier molecular flexibility index (Phi) is 5.02. The fourth-order valence-corrected chi connectivity index (χ4v) is 2.66. The molecule has 2 aromatic rings. The van der Waals surface area contributed by atoms with E-state index in [0.717, 1.165) is 24.4 Å². The third kappa shape index (κ3) is 3.27. The van der Waals surface area contributed by atoms with Crippen LogP contribution in [0.25, 0.3) is 0 Å². The molecule has 2 rings (SSSR count). The van der Waals surface area contributed by atoms with E-state index in [1.165, 1.54) is 16.8 Å². The number of ether oxygens (including phenoxy) is 1. The Morgan fingerprint density at radius 2 is 2.05 bits per heavy atom. The molecule has 0 amide bonds. The summed E-state index contributed by atoms with van der Waals surface area (Å²) in [7, 11) is 3.71. The minimum absolute atomic E-state index is 0.152. The molecule has 0 bridgehead atoms. The third-order valence-corrected chi connectivity index (χ3v) is 3.82. The maximum atomic E-state index is 5.30. The van der Waals surface area contributed by atoms with Crippen molar-refractivity contribution in [3.63, 3.8) is 0 Å². The molecule has 21 heavy (non-hydrogen) atoms. The molecule has 1 unspecified atom stereocenters. The highest BCUT2D eigenvalue weighted by Crippen LogP contribution is 2.28. The number of rotatable bonds is 6. The first-order chi connectivity index (χ1) is 10.1. The van der Waals surface area contributed by atoms with Gasteiger partial charge in [-0.05, 0) is 49.2 Å². The Bertz CT molecular complexity index is 604. The highest BCUT2D eigenvalue weighted by Gasteiger charge is 2.19. The number of aromatic nitrogens is 2. The molecule has 1 aromatic carbocycles. The van der Waals surface area contributed by atoms with Gasteiger partial charge in [-0.3, -0.25) is 4.68 Å². The maximum absolute atomic E-state index is 5.30. The molecule has 0 fully saturated rings. The first-order valence-corrected chi connectivity index (χ1v) is 7.51. The second-order valence-corrected chi connectivity index (χ2v) is 5.25. The van der Waals surface area contributed by atoms with Gasteiger partial charge in [0, 0.05) is 7.05 Å². The third-order valence-electron chi connectivity index (χ3n) is 3.82. The molecule has 4 nitrogen and oxygen atoms in total. The Morgan fingerprint density at radius 1 is 1.29 bits per heavy atom. The van der Waals surface area contributed by atoms with Gasteiger partial charge in [0.2, 0.25) is 0 Å². The molecular weight excluding hydrogens is 262 g/mol. The number of hydrogen-bond acceptors (Lipinski definition) is 3. The molecule has 0 radical (unpaired) electrons. The Hall–Kier alpha value is -1.81. The second kappa shape index (κ2) is 6.76. The van der Waals surface area contributed by atoms with Gasteiger partial charge in [-0.1, -0.05) is 19.9 Å². The number of aryl methyl sites for hydroxylation is 3. The highest BCUT2D eigenvalue weighted by atomic mass is 16.5. The summed E-state index contributed by atoms with van der Waals surface area (Å²) in [5.74, 6) is 0.894. The number of benzene rings is 1. The van der Waals surface area contributed by atoms with Crippen LogP contribution >= 0.6 is 0 Å². The molecular formula is C17H25N3O. The second-order valence-electron chi connectivity index (χ2n) is 5.25. The molecule has 0 aliphatic carbocycles. The number of hydrogen-bond donors (Lipinski definition) is 1. The Morgan fingerprint density at radius 3 is 2.57 bits per heavy atom. The highest BCUT2D eigenvalue weighted by molar-refractivity contribution is 5.40. The first-order valence-electron chi connectivity index (χ1n) is 7.51. The van der Waals surface area contributed by atoms with E-state index in [1.54, 1.807) is 7.11 Å². The van der Waals surface area contributed by atoms with Crippen LogP contribution in [0.5, 0.6) is 5.75 Å². The van der Waals surface area contributed by atoms with Crippen molar-refractivity contribution >= 4 is 0 Å². The summed E-state index contributed by atoms with van der Waals surface area (Å²) in [5, 5.41) is 8.14. The van der Waals surface area contributed by atoms with Crippen LogP contribution < -0.4 is 10.1 Å². The van der Waals surface area contributed by atoms with E-state index < -0.39 is 0 Å². The summed E-state index contributed by atoms with van der Waals surface area (Å²) in [6.07, 6.45) is 0.953. The zero-order valence-electron chi connectivity index (χ0n) is 13.6. The summed E-state index contributed by atoms with van der Waals surface area (Å²) in [5.41, 5.74) is 4.81. The summed E-state index contributed by atoms with van der Waals surface area (Å²) in [6, 6.07) is 8.58. The quantitative estimate of drug-likeness (QED) is 0.887. The maximum Gasteiger partial charge on any atom is 0.119 e. The Balaban J connectivity index is 2.45. The van der Waals surface area contributed by atoms with Crippen LogP contribution in [0.15, 0.2) is 24.3 Å². The van der Waals surface area contributed by atoms with Crippen molar-refractivity contribution in [1.82, 2.24) is 15.1 Å². The molecule has 1 aromatic heterocycles. The predicted octanol–water partition coefficient (Wildman–Crippen LogP) is 3.00. The van der Waals surface area contributed by atoms with Crippen molar-refractivity contribution < 1.29 is 4.74 Å². The molecule has 1 atom stereocenters. The van der Waals surface area contributed by atoms with Crippen LogP contribution in [0, 0.1) is 6.92 Å². The van der Waals surface area contributed by atoms with Gasteiger partial charge in [-0.15, -0.1) is 0 Å². The largest absolute Gasteiger partial charge is 0.497 e. The lowest BCUT2D eigenvalue weighted by molar-refractivity contribution is 0.414. The van der Waals surface area contributed by atoms with Crippen molar-refractivity contribution in [2.45, 2.75) is 33.2 Å². The fraction of sp³-hybridized carbons (Fsp3) is 0.471. The van der Waals surface area contributed by atoms with Crippen LogP contribution in [0.3, 0.4) is 0 Å². The SMILES string of the molecule is CCNC(c1ccc(OC)cc1C)c1cc(CC)nn1C. The molecule has 1 N–H and O–H groups in total. The topological polar surface area (TPSA) is 39.1 Å². The molecule has 4 heteroatoms. The lowest BCUT2D eigenvalue weighted by Gasteiger charge is -2.21. The van der Waals surface area contributed by atoms with E-state index in [0.29, 0.717) is 0 Å². The van der Waals surface area contributed by atoms with E-state index in [2.05, 4.69) is 49.4 Å². The molecule has 114 valence electrons. The summed E-state index contributed by atoms with van der Waals surface area (Å²) < 4.78 is 7.28. The van der Waals surface area contributed by atoms with Crippen molar-refractivity contribution in [1.29, 1.82) is 0 Å². The van der Waals surface area contributed by atoms with Crippen LogP contribution in [0.4, 0.5) is 0 Å². The predicted molar refractivity (Wildman–Crippen MR) is 85.8 cm³/mol. The molecule has 0 spiro atoms. The van der Waals surface area contributed by atoms with Gasteiger partial charge in [0.05, 0.1) is 24.5 Å². The standard InChI is InChI=1S/C17H25N3O/c1-6-13-11-16(20(4)19-13)17(18-7-2)15-9-8-14(21-5)10-12(15)3/h8-11,17-18H,6-7H2,1-5H3. The van der Waals surface area contributed by atoms with Crippen molar-refractivity contribution in [3.05, 3.63) is 46.8 Å². The molecule has 0 aliphatic rings. The van der Waals surface area contributed by atoms with Gasteiger partial charge in [0.15, 0.2) is 0 Å². The number of methoxy groups -OCH3 is 1. The van der Waals surface area contributed by atoms with Crippen LogP contribution in [0.2, 0.25) is 0 Å². The molecule has 0 saturated carbocycles. The monoisotopic (exact) mass is 287 g/mol. The van der Waals surface area contributed by atoms with Crippen molar-refractivity contribution in [2.24, 2.45) is 7.05 Å². The van der Waals surface area contributed by atoms with Gasteiger partial charge in [0.1, 0.15) is 5.75 Å².